The van der Waals surface area contributed by atoms with Gasteiger partial charge in [0, 0.05) is 18.7 Å². The standard InChI is InChI=1S/C13H14F2N2O/c1-3-5-17-12-7-9(15)8(14)6-11(12)16-10(4-2)13(17)18/h3,6-7,10,16H,1,4-5H2,2H3. The fourth-order valence-corrected chi connectivity index (χ4v) is 2.03. The van der Waals surface area contributed by atoms with Crippen LogP contribution in [0.3, 0.4) is 0 Å². The van der Waals surface area contributed by atoms with Gasteiger partial charge in [0.1, 0.15) is 6.04 Å². The number of anilines is 2. The summed E-state index contributed by atoms with van der Waals surface area (Å²) >= 11 is 0. The quantitative estimate of drug-likeness (QED) is 0.839. The predicted octanol–water partition coefficient (Wildman–Crippen LogP) is 2.69. The minimum Gasteiger partial charge on any atom is -0.372 e. The Morgan fingerprint density at radius 2 is 2.11 bits per heavy atom. The van der Waals surface area contributed by atoms with Crippen LogP contribution in [0.4, 0.5) is 20.2 Å². The lowest BCUT2D eigenvalue weighted by Gasteiger charge is -2.34. The van der Waals surface area contributed by atoms with Crippen molar-refractivity contribution in [3.05, 3.63) is 36.4 Å². The second-order valence-corrected chi connectivity index (χ2v) is 4.13. The van der Waals surface area contributed by atoms with E-state index in [1.807, 2.05) is 6.92 Å². The molecule has 1 atom stereocenters. The SMILES string of the molecule is C=CCN1C(=O)C(CC)Nc2cc(F)c(F)cc21. The summed E-state index contributed by atoms with van der Waals surface area (Å²) in [5, 5.41) is 2.92. The molecule has 0 aliphatic carbocycles. The number of benzene rings is 1. The Labute approximate surface area is 104 Å². The van der Waals surface area contributed by atoms with Crippen LogP contribution in [0.5, 0.6) is 0 Å². The fraction of sp³-hybridized carbons (Fsp3) is 0.308. The number of carbonyl (C=O) groups is 1. The molecule has 18 heavy (non-hydrogen) atoms. The van der Waals surface area contributed by atoms with Gasteiger partial charge in [0.05, 0.1) is 11.4 Å². The summed E-state index contributed by atoms with van der Waals surface area (Å²) in [4.78, 5) is 13.5. The van der Waals surface area contributed by atoms with Crippen molar-refractivity contribution in [2.24, 2.45) is 0 Å². The van der Waals surface area contributed by atoms with Gasteiger partial charge in [-0.25, -0.2) is 8.78 Å². The molecule has 1 N–H and O–H groups in total. The van der Waals surface area contributed by atoms with Crippen molar-refractivity contribution in [1.29, 1.82) is 0 Å². The average Bonchev–Trinajstić information content (AvgIpc) is 2.35. The maximum absolute atomic E-state index is 13.3. The van der Waals surface area contributed by atoms with Crippen LogP contribution in [-0.2, 0) is 4.79 Å². The molecule has 2 rings (SSSR count). The topological polar surface area (TPSA) is 32.3 Å². The van der Waals surface area contributed by atoms with E-state index in [1.54, 1.807) is 6.08 Å². The molecule has 1 amide bonds. The van der Waals surface area contributed by atoms with Crippen LogP contribution in [-0.4, -0.2) is 18.5 Å². The van der Waals surface area contributed by atoms with Crippen LogP contribution < -0.4 is 10.2 Å². The Morgan fingerprint density at radius 3 is 2.72 bits per heavy atom. The third kappa shape index (κ3) is 1.96. The summed E-state index contributed by atoms with van der Waals surface area (Å²) in [6, 6.07) is 1.70. The lowest BCUT2D eigenvalue weighted by Crippen LogP contribution is -2.47. The van der Waals surface area contributed by atoms with Crippen molar-refractivity contribution in [2.75, 3.05) is 16.8 Å². The second kappa shape index (κ2) is 4.76. The molecular weight excluding hydrogens is 238 g/mol. The summed E-state index contributed by atoms with van der Waals surface area (Å²) < 4.78 is 26.5. The van der Waals surface area contributed by atoms with Gasteiger partial charge < -0.3 is 10.2 Å². The Kier molecular flexibility index (Phi) is 3.32. The van der Waals surface area contributed by atoms with E-state index in [-0.39, 0.29) is 12.5 Å². The zero-order valence-corrected chi connectivity index (χ0v) is 10.0. The predicted molar refractivity (Wildman–Crippen MR) is 66.6 cm³/mol. The van der Waals surface area contributed by atoms with Gasteiger partial charge in [-0.1, -0.05) is 13.0 Å². The van der Waals surface area contributed by atoms with Gasteiger partial charge in [-0.05, 0) is 6.42 Å². The Morgan fingerprint density at radius 1 is 1.44 bits per heavy atom. The van der Waals surface area contributed by atoms with E-state index in [1.165, 1.54) is 4.90 Å². The van der Waals surface area contributed by atoms with Crippen LogP contribution in [0.1, 0.15) is 13.3 Å². The molecule has 1 aromatic rings. The number of rotatable bonds is 3. The van der Waals surface area contributed by atoms with E-state index < -0.39 is 17.7 Å². The highest BCUT2D eigenvalue weighted by Crippen LogP contribution is 2.34. The number of nitrogens with zero attached hydrogens (tertiary/aromatic N) is 1. The van der Waals surface area contributed by atoms with E-state index in [4.69, 9.17) is 0 Å². The highest BCUT2D eigenvalue weighted by molar-refractivity contribution is 6.05. The first-order valence-corrected chi connectivity index (χ1v) is 5.76. The molecule has 0 saturated heterocycles. The lowest BCUT2D eigenvalue weighted by molar-refractivity contribution is -0.119. The Balaban J connectivity index is 2.51. The molecule has 0 bridgehead atoms. The summed E-state index contributed by atoms with van der Waals surface area (Å²) in [6.45, 7) is 5.70. The zero-order valence-electron chi connectivity index (χ0n) is 10.0. The molecular formula is C13H14F2N2O. The molecule has 1 aliphatic heterocycles. The van der Waals surface area contributed by atoms with Crippen molar-refractivity contribution in [3.8, 4) is 0 Å². The summed E-state index contributed by atoms with van der Waals surface area (Å²) in [5.74, 6) is -2.05. The highest BCUT2D eigenvalue weighted by Gasteiger charge is 2.31. The number of hydrogen-bond donors (Lipinski definition) is 1. The second-order valence-electron chi connectivity index (χ2n) is 4.13. The van der Waals surface area contributed by atoms with Gasteiger partial charge in [-0.15, -0.1) is 6.58 Å². The molecule has 1 heterocycles. The Bertz CT molecular complexity index is 502. The van der Waals surface area contributed by atoms with E-state index in [2.05, 4.69) is 11.9 Å². The van der Waals surface area contributed by atoms with E-state index in [9.17, 15) is 13.6 Å². The molecule has 0 spiro atoms. The Hall–Kier alpha value is -1.91. The van der Waals surface area contributed by atoms with Crippen molar-refractivity contribution in [2.45, 2.75) is 19.4 Å². The summed E-state index contributed by atoms with van der Waals surface area (Å²) in [6.07, 6.45) is 2.13. The van der Waals surface area contributed by atoms with Crippen molar-refractivity contribution >= 4 is 17.3 Å². The summed E-state index contributed by atoms with van der Waals surface area (Å²) in [7, 11) is 0. The van der Waals surface area contributed by atoms with Gasteiger partial charge in [-0.3, -0.25) is 4.79 Å². The van der Waals surface area contributed by atoms with Crippen LogP contribution >= 0.6 is 0 Å². The van der Waals surface area contributed by atoms with E-state index in [0.717, 1.165) is 12.1 Å². The first-order chi connectivity index (χ1) is 8.58. The van der Waals surface area contributed by atoms with E-state index in [0.29, 0.717) is 17.8 Å². The molecule has 0 saturated carbocycles. The zero-order chi connectivity index (χ0) is 13.3. The summed E-state index contributed by atoms with van der Waals surface area (Å²) in [5.41, 5.74) is 0.783. The normalized spacial score (nSPS) is 18.3. The molecule has 5 heteroatoms. The van der Waals surface area contributed by atoms with Crippen LogP contribution in [0.25, 0.3) is 0 Å². The monoisotopic (exact) mass is 252 g/mol. The minimum absolute atomic E-state index is 0.157. The molecule has 96 valence electrons. The number of amides is 1. The molecule has 1 aliphatic rings. The number of nitrogens with one attached hydrogen (secondary N) is 1. The fourth-order valence-electron chi connectivity index (χ4n) is 2.03. The van der Waals surface area contributed by atoms with Gasteiger partial charge >= 0.3 is 0 Å². The van der Waals surface area contributed by atoms with Crippen LogP contribution in [0.2, 0.25) is 0 Å². The van der Waals surface area contributed by atoms with Gasteiger partial charge in [0.25, 0.3) is 0 Å². The third-order valence-corrected chi connectivity index (χ3v) is 2.94. The van der Waals surface area contributed by atoms with Crippen molar-refractivity contribution in [3.63, 3.8) is 0 Å². The maximum atomic E-state index is 13.3. The lowest BCUT2D eigenvalue weighted by atomic mass is 10.1. The number of fused-ring (bicyclic) bond motifs is 1. The van der Waals surface area contributed by atoms with Crippen molar-refractivity contribution in [1.82, 2.24) is 0 Å². The van der Waals surface area contributed by atoms with Crippen LogP contribution in [0.15, 0.2) is 24.8 Å². The van der Waals surface area contributed by atoms with Crippen LogP contribution in [0, 0.1) is 11.6 Å². The van der Waals surface area contributed by atoms with E-state index >= 15 is 0 Å². The van der Waals surface area contributed by atoms with Gasteiger partial charge in [0.15, 0.2) is 11.6 Å². The maximum Gasteiger partial charge on any atom is 0.249 e. The third-order valence-electron chi connectivity index (χ3n) is 2.94. The minimum atomic E-state index is -0.965. The van der Waals surface area contributed by atoms with Gasteiger partial charge in [0.2, 0.25) is 5.91 Å². The number of halogens is 2. The molecule has 0 aromatic heterocycles. The largest absolute Gasteiger partial charge is 0.372 e. The molecule has 1 unspecified atom stereocenters. The molecule has 0 radical (unpaired) electrons. The highest BCUT2D eigenvalue weighted by atomic mass is 19.2. The smallest absolute Gasteiger partial charge is 0.249 e. The molecule has 3 nitrogen and oxygen atoms in total. The average molecular weight is 252 g/mol. The number of carbonyl (C=O) groups excluding carboxylic acids is 1. The number of hydrogen-bond acceptors (Lipinski definition) is 2. The molecule has 1 aromatic carbocycles. The van der Waals surface area contributed by atoms with Gasteiger partial charge in [-0.2, -0.15) is 0 Å². The molecule has 0 fully saturated rings. The first-order valence-electron chi connectivity index (χ1n) is 5.76. The first kappa shape index (κ1) is 12.5. The van der Waals surface area contributed by atoms with Crippen molar-refractivity contribution < 1.29 is 13.6 Å².